The van der Waals surface area contributed by atoms with Gasteiger partial charge < -0.3 is 0 Å². The highest BCUT2D eigenvalue weighted by Crippen LogP contribution is 2.52. The van der Waals surface area contributed by atoms with Gasteiger partial charge >= 0.3 is 0 Å². The maximum absolute atomic E-state index is 13.6. The van der Waals surface area contributed by atoms with Gasteiger partial charge in [0.15, 0.2) is 0 Å². The Labute approximate surface area is 81.5 Å². The molecule has 0 radical (unpaired) electrons. The number of hydrogen-bond acceptors (Lipinski definition) is 0. The predicted octanol–water partition coefficient (Wildman–Crippen LogP) is 3.50. The van der Waals surface area contributed by atoms with Crippen LogP contribution in [0.2, 0.25) is 0 Å². The van der Waals surface area contributed by atoms with Crippen LogP contribution in [0.1, 0.15) is 20.3 Å². The van der Waals surface area contributed by atoms with E-state index in [2.05, 4.69) is 0 Å². The Morgan fingerprint density at radius 3 is 2.64 bits per heavy atom. The fourth-order valence-corrected chi connectivity index (χ4v) is 2.32. The van der Waals surface area contributed by atoms with Crippen molar-refractivity contribution in [1.29, 1.82) is 0 Å². The van der Waals surface area contributed by atoms with Crippen molar-refractivity contribution >= 4 is 0 Å². The van der Waals surface area contributed by atoms with Gasteiger partial charge in [0, 0.05) is 5.92 Å². The molecule has 0 nitrogen and oxygen atoms in total. The van der Waals surface area contributed by atoms with Crippen molar-refractivity contribution in [2.24, 2.45) is 11.8 Å². The van der Waals surface area contributed by atoms with Gasteiger partial charge in [0.25, 0.3) is 5.92 Å². The molecule has 0 aliphatic heterocycles. The zero-order chi connectivity index (χ0) is 10.5. The van der Waals surface area contributed by atoms with Gasteiger partial charge in [0.2, 0.25) is 0 Å². The Bertz CT molecular complexity index is 314. The SMILES string of the molecule is CC1=CC=C2CC(C)C(F)(F)C2C1F. The topological polar surface area (TPSA) is 0 Å². The van der Waals surface area contributed by atoms with Crippen LogP contribution in [-0.2, 0) is 0 Å². The normalized spacial score (nSPS) is 40.2. The van der Waals surface area contributed by atoms with E-state index < -0.39 is 23.9 Å². The van der Waals surface area contributed by atoms with E-state index in [0.29, 0.717) is 17.6 Å². The Morgan fingerprint density at radius 2 is 2.00 bits per heavy atom. The second kappa shape index (κ2) is 2.88. The average Bonchev–Trinajstić information content (AvgIpc) is 2.32. The average molecular weight is 202 g/mol. The van der Waals surface area contributed by atoms with Crippen molar-refractivity contribution in [3.8, 4) is 0 Å². The smallest absolute Gasteiger partial charge is 0.242 e. The highest BCUT2D eigenvalue weighted by Gasteiger charge is 2.56. The van der Waals surface area contributed by atoms with Gasteiger partial charge in [-0.3, -0.25) is 0 Å². The molecule has 0 N–H and O–H groups in total. The van der Waals surface area contributed by atoms with Crippen LogP contribution in [-0.4, -0.2) is 12.1 Å². The molecule has 2 aliphatic rings. The van der Waals surface area contributed by atoms with E-state index in [1.54, 1.807) is 19.1 Å². The first-order chi connectivity index (χ1) is 6.44. The van der Waals surface area contributed by atoms with Gasteiger partial charge in [0.05, 0.1) is 5.92 Å². The molecular weight excluding hydrogens is 189 g/mol. The van der Waals surface area contributed by atoms with E-state index in [4.69, 9.17) is 0 Å². The van der Waals surface area contributed by atoms with E-state index in [0.717, 1.165) is 0 Å². The number of alkyl halides is 3. The fourth-order valence-electron chi connectivity index (χ4n) is 2.32. The second-order valence-electron chi connectivity index (χ2n) is 4.31. The second-order valence-corrected chi connectivity index (χ2v) is 4.31. The maximum atomic E-state index is 13.6. The first kappa shape index (κ1) is 9.81. The zero-order valence-electron chi connectivity index (χ0n) is 8.23. The van der Waals surface area contributed by atoms with Crippen molar-refractivity contribution in [1.82, 2.24) is 0 Å². The van der Waals surface area contributed by atoms with Gasteiger partial charge in [0.1, 0.15) is 6.17 Å². The monoisotopic (exact) mass is 202 g/mol. The standard InChI is InChI=1S/C11H13F3/c1-6-3-4-8-5-7(2)11(13,14)9(8)10(6)12/h3-4,7,9-10H,5H2,1-2H3. The van der Waals surface area contributed by atoms with Gasteiger partial charge in [-0.1, -0.05) is 24.6 Å². The van der Waals surface area contributed by atoms with Crippen LogP contribution in [0.4, 0.5) is 13.2 Å². The quantitative estimate of drug-likeness (QED) is 0.564. The Morgan fingerprint density at radius 1 is 1.36 bits per heavy atom. The lowest BCUT2D eigenvalue weighted by molar-refractivity contribution is -0.0819. The molecular formula is C11H13F3. The largest absolute Gasteiger partial charge is 0.260 e. The molecule has 3 atom stereocenters. The summed E-state index contributed by atoms with van der Waals surface area (Å²) in [4.78, 5) is 0. The third-order valence-electron chi connectivity index (χ3n) is 3.30. The predicted molar refractivity (Wildman–Crippen MR) is 49.0 cm³/mol. The van der Waals surface area contributed by atoms with Crippen LogP contribution in [0.3, 0.4) is 0 Å². The molecule has 0 spiro atoms. The zero-order valence-corrected chi connectivity index (χ0v) is 8.23. The third kappa shape index (κ3) is 1.14. The van der Waals surface area contributed by atoms with Crippen molar-refractivity contribution in [2.45, 2.75) is 32.4 Å². The summed E-state index contributed by atoms with van der Waals surface area (Å²) in [5.74, 6) is -4.83. The Kier molecular flexibility index (Phi) is 2.02. The van der Waals surface area contributed by atoms with E-state index in [9.17, 15) is 13.2 Å². The lowest BCUT2D eigenvalue weighted by Gasteiger charge is -2.28. The Balaban J connectivity index is 2.40. The van der Waals surface area contributed by atoms with Gasteiger partial charge in [-0.2, -0.15) is 0 Å². The van der Waals surface area contributed by atoms with E-state index in [1.165, 1.54) is 6.92 Å². The Hall–Kier alpha value is -0.730. The molecule has 0 saturated heterocycles. The van der Waals surface area contributed by atoms with Crippen LogP contribution >= 0.6 is 0 Å². The molecule has 3 unspecified atom stereocenters. The number of rotatable bonds is 0. The molecule has 0 bridgehead atoms. The number of hydrogen-bond donors (Lipinski definition) is 0. The molecule has 2 rings (SSSR count). The summed E-state index contributed by atoms with van der Waals surface area (Å²) in [6.07, 6.45) is 2.09. The minimum absolute atomic E-state index is 0.321. The molecule has 0 heterocycles. The summed E-state index contributed by atoms with van der Waals surface area (Å²) in [5.41, 5.74) is 0.980. The van der Waals surface area contributed by atoms with Crippen LogP contribution in [0.5, 0.6) is 0 Å². The van der Waals surface area contributed by atoms with E-state index in [1.807, 2.05) is 0 Å². The fraction of sp³-hybridized carbons (Fsp3) is 0.636. The van der Waals surface area contributed by atoms with Crippen molar-refractivity contribution < 1.29 is 13.2 Å². The third-order valence-corrected chi connectivity index (χ3v) is 3.30. The molecule has 1 saturated carbocycles. The van der Waals surface area contributed by atoms with Crippen LogP contribution in [0.25, 0.3) is 0 Å². The number of fused-ring (bicyclic) bond motifs is 1. The molecule has 78 valence electrons. The minimum atomic E-state index is -2.89. The van der Waals surface area contributed by atoms with Crippen molar-refractivity contribution in [3.63, 3.8) is 0 Å². The highest BCUT2D eigenvalue weighted by molar-refractivity contribution is 5.35. The maximum Gasteiger partial charge on any atom is 0.260 e. The minimum Gasteiger partial charge on any atom is -0.242 e. The van der Waals surface area contributed by atoms with Crippen LogP contribution in [0, 0.1) is 11.8 Å². The summed E-state index contributed by atoms with van der Waals surface area (Å²) in [5, 5.41) is 0. The number of allylic oxidation sites excluding steroid dienone is 4. The van der Waals surface area contributed by atoms with E-state index in [-0.39, 0.29) is 0 Å². The summed E-state index contributed by atoms with van der Waals surface area (Å²) in [6.45, 7) is 3.05. The molecule has 0 amide bonds. The molecule has 0 aromatic heterocycles. The first-order valence-corrected chi connectivity index (χ1v) is 4.83. The van der Waals surface area contributed by atoms with Gasteiger partial charge in [-0.15, -0.1) is 0 Å². The summed E-state index contributed by atoms with van der Waals surface area (Å²) in [6, 6.07) is 0. The summed E-state index contributed by atoms with van der Waals surface area (Å²) in [7, 11) is 0. The van der Waals surface area contributed by atoms with Gasteiger partial charge in [-0.05, 0) is 18.9 Å². The lowest BCUT2D eigenvalue weighted by Crippen LogP contribution is -2.36. The molecule has 0 aromatic carbocycles. The summed E-state index contributed by atoms with van der Waals surface area (Å²) < 4.78 is 40.8. The first-order valence-electron chi connectivity index (χ1n) is 4.83. The summed E-state index contributed by atoms with van der Waals surface area (Å²) >= 11 is 0. The molecule has 0 aromatic rings. The lowest BCUT2D eigenvalue weighted by atomic mass is 9.86. The molecule has 3 heteroatoms. The molecule has 1 fully saturated rings. The molecule has 14 heavy (non-hydrogen) atoms. The van der Waals surface area contributed by atoms with Gasteiger partial charge in [-0.25, -0.2) is 13.2 Å². The highest BCUT2D eigenvalue weighted by atomic mass is 19.3. The van der Waals surface area contributed by atoms with E-state index >= 15 is 0 Å². The van der Waals surface area contributed by atoms with Crippen molar-refractivity contribution in [3.05, 3.63) is 23.3 Å². The molecule has 2 aliphatic carbocycles. The number of halogens is 3. The van der Waals surface area contributed by atoms with Crippen LogP contribution < -0.4 is 0 Å². The van der Waals surface area contributed by atoms with Crippen LogP contribution in [0.15, 0.2) is 23.3 Å². The van der Waals surface area contributed by atoms with Crippen molar-refractivity contribution in [2.75, 3.05) is 0 Å².